The van der Waals surface area contributed by atoms with Gasteiger partial charge in [0.2, 0.25) is 5.91 Å². The molecular weight excluding hydrogens is 360 g/mol. The first-order valence-electron chi connectivity index (χ1n) is 8.89. The summed E-state index contributed by atoms with van der Waals surface area (Å²) in [4.78, 5) is 49.4. The van der Waals surface area contributed by atoms with Gasteiger partial charge in [0.1, 0.15) is 6.54 Å². The van der Waals surface area contributed by atoms with E-state index in [2.05, 4.69) is 5.32 Å². The molecule has 7 nitrogen and oxygen atoms in total. The van der Waals surface area contributed by atoms with Crippen LogP contribution in [0, 0.1) is 6.92 Å². The minimum absolute atomic E-state index is 0.00500. The van der Waals surface area contributed by atoms with Gasteiger partial charge in [0, 0.05) is 12.0 Å². The van der Waals surface area contributed by atoms with Crippen LogP contribution in [0.25, 0.3) is 0 Å². The molecule has 0 saturated carbocycles. The monoisotopic (exact) mass is 380 g/mol. The number of hydrogen-bond donors (Lipinski definition) is 1. The Morgan fingerprint density at radius 2 is 1.75 bits per heavy atom. The number of Topliss-reactive ketones (excluding diaryl/α,β-unsaturated/α-hetero) is 1. The summed E-state index contributed by atoms with van der Waals surface area (Å²) >= 11 is 0. The molecule has 0 bridgehead atoms. The quantitative estimate of drug-likeness (QED) is 0.614. The number of rotatable bonds is 6. The molecule has 2 aromatic rings. The largest absolute Gasteiger partial charge is 0.456 e. The molecule has 0 spiro atoms. The van der Waals surface area contributed by atoms with Gasteiger partial charge in [-0.15, -0.1) is 0 Å². The SMILES string of the molecule is Cc1ccc(C(=O)CCC(=O)OCC(=O)N2CC(=O)Nc3ccccc32)cc1. The van der Waals surface area contributed by atoms with Crippen LogP contribution in [0.2, 0.25) is 0 Å². The van der Waals surface area contributed by atoms with Crippen molar-refractivity contribution in [3.8, 4) is 0 Å². The second-order valence-corrected chi connectivity index (χ2v) is 6.50. The highest BCUT2D eigenvalue weighted by Crippen LogP contribution is 2.28. The van der Waals surface area contributed by atoms with Crippen molar-refractivity contribution in [2.24, 2.45) is 0 Å². The maximum absolute atomic E-state index is 12.4. The van der Waals surface area contributed by atoms with Crippen molar-refractivity contribution in [2.75, 3.05) is 23.4 Å². The predicted octanol–water partition coefficient (Wildman–Crippen LogP) is 2.49. The molecule has 3 rings (SSSR count). The Balaban J connectivity index is 1.51. The Morgan fingerprint density at radius 1 is 1.04 bits per heavy atom. The standard InChI is InChI=1S/C21H20N2O5/c1-14-6-8-15(9-7-14)18(24)10-11-21(27)28-13-20(26)23-12-19(25)22-16-4-2-3-5-17(16)23/h2-9H,10-13H2,1H3,(H,22,25). The van der Waals surface area contributed by atoms with Crippen LogP contribution >= 0.6 is 0 Å². The zero-order valence-corrected chi connectivity index (χ0v) is 15.4. The van der Waals surface area contributed by atoms with Gasteiger partial charge >= 0.3 is 5.97 Å². The minimum Gasteiger partial charge on any atom is -0.456 e. The molecule has 0 saturated heterocycles. The summed E-state index contributed by atoms with van der Waals surface area (Å²) in [5.74, 6) is -1.61. The second-order valence-electron chi connectivity index (χ2n) is 6.50. The van der Waals surface area contributed by atoms with Crippen LogP contribution in [0.1, 0.15) is 28.8 Å². The summed E-state index contributed by atoms with van der Waals surface area (Å²) in [5.41, 5.74) is 2.66. The van der Waals surface area contributed by atoms with Crippen LogP contribution in [0.4, 0.5) is 11.4 Å². The fourth-order valence-corrected chi connectivity index (χ4v) is 2.85. The third kappa shape index (κ3) is 4.62. The number of fused-ring (bicyclic) bond motifs is 1. The Kier molecular flexibility index (Phi) is 5.84. The van der Waals surface area contributed by atoms with Crippen molar-refractivity contribution >= 4 is 34.9 Å². The van der Waals surface area contributed by atoms with Crippen molar-refractivity contribution in [2.45, 2.75) is 19.8 Å². The van der Waals surface area contributed by atoms with Crippen LogP contribution in [-0.4, -0.2) is 36.7 Å². The van der Waals surface area contributed by atoms with Crippen LogP contribution < -0.4 is 10.2 Å². The van der Waals surface area contributed by atoms with Crippen molar-refractivity contribution in [1.29, 1.82) is 0 Å². The lowest BCUT2D eigenvalue weighted by molar-refractivity contribution is -0.147. The Labute approximate surface area is 162 Å². The molecule has 0 radical (unpaired) electrons. The van der Waals surface area contributed by atoms with E-state index in [1.807, 2.05) is 19.1 Å². The van der Waals surface area contributed by atoms with E-state index < -0.39 is 18.5 Å². The number of amides is 2. The topological polar surface area (TPSA) is 92.8 Å². The number of aryl methyl sites for hydroxylation is 1. The Hall–Kier alpha value is -3.48. The molecule has 28 heavy (non-hydrogen) atoms. The molecule has 1 heterocycles. The van der Waals surface area contributed by atoms with Crippen molar-refractivity contribution in [3.63, 3.8) is 0 Å². The van der Waals surface area contributed by atoms with Crippen molar-refractivity contribution in [1.82, 2.24) is 0 Å². The highest BCUT2D eigenvalue weighted by Gasteiger charge is 2.27. The average molecular weight is 380 g/mol. The summed E-state index contributed by atoms with van der Waals surface area (Å²) in [6.45, 7) is 1.30. The van der Waals surface area contributed by atoms with E-state index in [9.17, 15) is 19.2 Å². The average Bonchev–Trinajstić information content (AvgIpc) is 2.70. The van der Waals surface area contributed by atoms with Crippen LogP contribution in [0.5, 0.6) is 0 Å². The summed E-state index contributed by atoms with van der Waals surface area (Å²) in [6.07, 6.45) is -0.109. The molecular formula is C21H20N2O5. The zero-order valence-electron chi connectivity index (χ0n) is 15.4. The van der Waals surface area contributed by atoms with E-state index in [-0.39, 0.29) is 31.1 Å². The van der Waals surface area contributed by atoms with Crippen LogP contribution in [0.15, 0.2) is 48.5 Å². The number of anilines is 2. The lowest BCUT2D eigenvalue weighted by Crippen LogP contribution is -2.44. The third-order valence-electron chi connectivity index (χ3n) is 4.36. The predicted molar refractivity (Wildman–Crippen MR) is 103 cm³/mol. The van der Waals surface area contributed by atoms with E-state index in [1.54, 1.807) is 36.4 Å². The molecule has 1 N–H and O–H groups in total. The first kappa shape index (κ1) is 19.3. The van der Waals surface area contributed by atoms with Crippen LogP contribution in [0.3, 0.4) is 0 Å². The fraction of sp³-hybridized carbons (Fsp3) is 0.238. The molecule has 1 aliphatic heterocycles. The van der Waals surface area contributed by atoms with E-state index >= 15 is 0 Å². The van der Waals surface area contributed by atoms with Gasteiger partial charge in [0.05, 0.1) is 17.8 Å². The lowest BCUT2D eigenvalue weighted by atomic mass is 10.1. The van der Waals surface area contributed by atoms with E-state index in [0.717, 1.165) is 5.56 Å². The summed E-state index contributed by atoms with van der Waals surface area (Å²) in [5, 5.41) is 2.68. The van der Waals surface area contributed by atoms with Crippen molar-refractivity contribution in [3.05, 3.63) is 59.7 Å². The van der Waals surface area contributed by atoms with Crippen LogP contribution in [-0.2, 0) is 19.1 Å². The molecule has 0 fully saturated rings. The number of ketones is 1. The second kappa shape index (κ2) is 8.47. The van der Waals surface area contributed by atoms with Gasteiger partial charge in [-0.25, -0.2) is 0 Å². The van der Waals surface area contributed by atoms with Crippen molar-refractivity contribution < 1.29 is 23.9 Å². The molecule has 0 aliphatic carbocycles. The molecule has 7 heteroatoms. The lowest BCUT2D eigenvalue weighted by Gasteiger charge is -2.28. The maximum Gasteiger partial charge on any atom is 0.306 e. The molecule has 1 aliphatic rings. The number of benzene rings is 2. The molecule has 2 amide bonds. The highest BCUT2D eigenvalue weighted by atomic mass is 16.5. The third-order valence-corrected chi connectivity index (χ3v) is 4.36. The maximum atomic E-state index is 12.4. The molecule has 2 aromatic carbocycles. The number of carbonyl (C=O) groups is 4. The fourth-order valence-electron chi connectivity index (χ4n) is 2.85. The molecule has 0 unspecified atom stereocenters. The van der Waals surface area contributed by atoms with E-state index in [1.165, 1.54) is 4.90 Å². The van der Waals surface area contributed by atoms with E-state index in [4.69, 9.17) is 4.74 Å². The van der Waals surface area contributed by atoms with Gasteiger partial charge in [0.15, 0.2) is 12.4 Å². The first-order valence-corrected chi connectivity index (χ1v) is 8.89. The smallest absolute Gasteiger partial charge is 0.306 e. The van der Waals surface area contributed by atoms with Gasteiger partial charge in [-0.3, -0.25) is 24.1 Å². The summed E-state index contributed by atoms with van der Waals surface area (Å²) in [6, 6.07) is 14.0. The number of esters is 1. The number of ether oxygens (including phenoxy) is 1. The summed E-state index contributed by atoms with van der Waals surface area (Å²) < 4.78 is 5.00. The number of nitrogens with zero attached hydrogens (tertiary/aromatic N) is 1. The van der Waals surface area contributed by atoms with Gasteiger partial charge in [0.25, 0.3) is 5.91 Å². The first-order chi connectivity index (χ1) is 13.4. The van der Waals surface area contributed by atoms with Gasteiger partial charge in [-0.2, -0.15) is 0 Å². The molecule has 0 aromatic heterocycles. The minimum atomic E-state index is -0.636. The number of para-hydroxylation sites is 2. The summed E-state index contributed by atoms with van der Waals surface area (Å²) in [7, 11) is 0. The molecule has 144 valence electrons. The number of hydrogen-bond acceptors (Lipinski definition) is 5. The highest BCUT2D eigenvalue weighted by molar-refractivity contribution is 6.10. The number of carbonyl (C=O) groups excluding carboxylic acids is 4. The zero-order chi connectivity index (χ0) is 20.1. The van der Waals surface area contributed by atoms with Gasteiger partial charge < -0.3 is 10.1 Å². The normalized spacial score (nSPS) is 12.8. The molecule has 0 atom stereocenters. The van der Waals surface area contributed by atoms with E-state index in [0.29, 0.717) is 16.9 Å². The van der Waals surface area contributed by atoms with Gasteiger partial charge in [-0.05, 0) is 19.1 Å². The Morgan fingerprint density at radius 3 is 2.50 bits per heavy atom. The van der Waals surface area contributed by atoms with Gasteiger partial charge in [-0.1, -0.05) is 42.0 Å². The Bertz CT molecular complexity index is 921. The number of nitrogens with one attached hydrogen (secondary N) is 1.